The third-order valence-electron chi connectivity index (χ3n) is 4.15. The van der Waals surface area contributed by atoms with Gasteiger partial charge in [0.1, 0.15) is 18.1 Å². The van der Waals surface area contributed by atoms with Crippen molar-refractivity contribution < 1.29 is 18.7 Å². The molecule has 2 aromatic rings. The number of ether oxygens (including phenoxy) is 2. The molecule has 5 nitrogen and oxygen atoms in total. The zero-order valence-electron chi connectivity index (χ0n) is 14.0. The maximum Gasteiger partial charge on any atom is 0.286 e. The van der Waals surface area contributed by atoms with Gasteiger partial charge in [-0.2, -0.15) is 0 Å². The summed E-state index contributed by atoms with van der Waals surface area (Å²) in [5.41, 5.74) is 2.80. The van der Waals surface area contributed by atoms with Crippen LogP contribution in [0.2, 0.25) is 0 Å². The minimum Gasteiger partial charge on any atom is -0.486 e. The highest BCUT2D eigenvalue weighted by atomic mass is 16.5. The molecule has 1 N–H and O–H groups in total. The summed E-state index contributed by atoms with van der Waals surface area (Å²) in [6.45, 7) is 1.50. The number of furan rings is 1. The van der Waals surface area contributed by atoms with Crippen molar-refractivity contribution in [1.82, 2.24) is 5.32 Å². The number of hydrogen-bond donors (Lipinski definition) is 1. The molecule has 1 aromatic heterocycles. The molecule has 1 heterocycles. The Morgan fingerprint density at radius 1 is 1.21 bits per heavy atom. The van der Waals surface area contributed by atoms with E-state index < -0.39 is 0 Å². The molecule has 24 heavy (non-hydrogen) atoms. The molecule has 0 atom stereocenters. The van der Waals surface area contributed by atoms with E-state index in [2.05, 4.69) is 17.4 Å². The molecule has 0 saturated carbocycles. The minimum atomic E-state index is -0.213. The number of hydrogen-bond acceptors (Lipinski definition) is 4. The number of nitrogens with one attached hydrogen (secondary N) is 1. The maximum atomic E-state index is 11.9. The Hall–Kier alpha value is -2.27. The third-order valence-corrected chi connectivity index (χ3v) is 4.15. The smallest absolute Gasteiger partial charge is 0.286 e. The molecule has 0 saturated heterocycles. The van der Waals surface area contributed by atoms with Gasteiger partial charge in [-0.1, -0.05) is 6.07 Å². The van der Waals surface area contributed by atoms with E-state index in [0.717, 1.165) is 25.0 Å². The van der Waals surface area contributed by atoms with E-state index in [1.54, 1.807) is 19.2 Å². The average molecular weight is 329 g/mol. The van der Waals surface area contributed by atoms with Gasteiger partial charge >= 0.3 is 0 Å². The van der Waals surface area contributed by atoms with Crippen molar-refractivity contribution in [3.63, 3.8) is 0 Å². The summed E-state index contributed by atoms with van der Waals surface area (Å²) in [6, 6.07) is 9.69. The molecule has 5 heteroatoms. The van der Waals surface area contributed by atoms with Gasteiger partial charge in [-0.3, -0.25) is 4.79 Å². The maximum absolute atomic E-state index is 11.9. The number of methoxy groups -OCH3 is 1. The van der Waals surface area contributed by atoms with E-state index in [1.807, 2.05) is 6.07 Å². The fraction of sp³-hybridized carbons (Fsp3) is 0.421. The van der Waals surface area contributed by atoms with Crippen molar-refractivity contribution in [2.45, 2.75) is 32.3 Å². The summed E-state index contributed by atoms with van der Waals surface area (Å²) < 4.78 is 16.3. The molecule has 0 aliphatic heterocycles. The van der Waals surface area contributed by atoms with Gasteiger partial charge in [0.25, 0.3) is 5.91 Å². The highest BCUT2D eigenvalue weighted by Gasteiger charge is 2.13. The number of aryl methyl sites for hydroxylation is 2. The largest absolute Gasteiger partial charge is 0.486 e. The van der Waals surface area contributed by atoms with E-state index in [9.17, 15) is 4.79 Å². The number of fused-ring (bicyclic) bond motifs is 1. The zero-order valence-corrected chi connectivity index (χ0v) is 14.0. The van der Waals surface area contributed by atoms with Crippen LogP contribution in [0.3, 0.4) is 0 Å². The first kappa shape index (κ1) is 16.6. The van der Waals surface area contributed by atoms with Gasteiger partial charge in [0.15, 0.2) is 5.76 Å². The second-order valence-electron chi connectivity index (χ2n) is 5.94. The molecule has 1 aliphatic rings. The normalized spacial score (nSPS) is 12.9. The quantitative estimate of drug-likeness (QED) is 0.756. The molecule has 3 rings (SSSR count). The lowest BCUT2D eigenvalue weighted by Gasteiger charge is -2.06. The zero-order chi connectivity index (χ0) is 16.8. The minimum absolute atomic E-state index is 0.213. The predicted molar refractivity (Wildman–Crippen MR) is 90.3 cm³/mol. The van der Waals surface area contributed by atoms with Crippen LogP contribution in [0.25, 0.3) is 0 Å². The summed E-state index contributed by atoms with van der Waals surface area (Å²) >= 11 is 0. The van der Waals surface area contributed by atoms with Crippen molar-refractivity contribution in [3.05, 3.63) is 53.0 Å². The van der Waals surface area contributed by atoms with Crippen molar-refractivity contribution >= 4 is 5.91 Å². The molecule has 0 radical (unpaired) electrons. The fourth-order valence-electron chi connectivity index (χ4n) is 2.88. The van der Waals surface area contributed by atoms with Crippen LogP contribution in [0, 0.1) is 0 Å². The first-order valence-electron chi connectivity index (χ1n) is 8.37. The predicted octanol–water partition coefficient (Wildman–Crippen LogP) is 3.11. The molecule has 128 valence electrons. The summed E-state index contributed by atoms with van der Waals surface area (Å²) in [5.74, 6) is 1.57. The topological polar surface area (TPSA) is 60.7 Å². The molecule has 0 unspecified atom stereocenters. The Kier molecular flexibility index (Phi) is 5.54. The van der Waals surface area contributed by atoms with E-state index in [1.165, 1.54) is 17.5 Å². The van der Waals surface area contributed by atoms with Gasteiger partial charge in [0.2, 0.25) is 0 Å². The van der Waals surface area contributed by atoms with Crippen LogP contribution in [0.4, 0.5) is 0 Å². The van der Waals surface area contributed by atoms with Gasteiger partial charge in [-0.05, 0) is 61.1 Å². The second-order valence-corrected chi connectivity index (χ2v) is 5.94. The van der Waals surface area contributed by atoms with Crippen LogP contribution in [0.15, 0.2) is 34.7 Å². The van der Waals surface area contributed by atoms with Gasteiger partial charge in [0, 0.05) is 20.3 Å². The first-order chi connectivity index (χ1) is 11.8. The fourth-order valence-corrected chi connectivity index (χ4v) is 2.88. The average Bonchev–Trinajstić information content (AvgIpc) is 3.25. The number of carbonyl (C=O) groups excluding carboxylic acids is 1. The SMILES string of the molecule is COCCCNC(=O)c1ccc(COc2ccc3c(c2)CCC3)o1. The lowest BCUT2D eigenvalue weighted by Crippen LogP contribution is -2.24. The lowest BCUT2D eigenvalue weighted by molar-refractivity contribution is 0.0917. The summed E-state index contributed by atoms with van der Waals surface area (Å²) in [7, 11) is 1.64. The summed E-state index contributed by atoms with van der Waals surface area (Å²) in [5, 5.41) is 2.80. The number of benzene rings is 1. The summed E-state index contributed by atoms with van der Waals surface area (Å²) in [6.07, 6.45) is 4.29. The van der Waals surface area contributed by atoms with Crippen LogP contribution in [-0.2, 0) is 24.2 Å². The molecule has 0 spiro atoms. The Labute approximate surface area is 141 Å². The summed E-state index contributed by atoms with van der Waals surface area (Å²) in [4.78, 5) is 11.9. The highest BCUT2D eigenvalue weighted by molar-refractivity contribution is 5.91. The van der Waals surface area contributed by atoms with Crippen molar-refractivity contribution in [2.75, 3.05) is 20.3 Å². The van der Waals surface area contributed by atoms with E-state index in [4.69, 9.17) is 13.9 Å². The number of amides is 1. The van der Waals surface area contributed by atoms with E-state index in [-0.39, 0.29) is 5.91 Å². The van der Waals surface area contributed by atoms with Crippen LogP contribution < -0.4 is 10.1 Å². The van der Waals surface area contributed by atoms with Gasteiger partial charge in [0.05, 0.1) is 0 Å². The van der Waals surface area contributed by atoms with E-state index >= 15 is 0 Å². The van der Waals surface area contributed by atoms with E-state index in [0.29, 0.717) is 31.3 Å². The molecule has 1 aromatic carbocycles. The molecular weight excluding hydrogens is 306 g/mol. The Morgan fingerprint density at radius 3 is 2.96 bits per heavy atom. The Morgan fingerprint density at radius 2 is 2.08 bits per heavy atom. The molecule has 0 fully saturated rings. The second kappa shape index (κ2) is 8.02. The number of carbonyl (C=O) groups is 1. The van der Waals surface area contributed by atoms with Crippen LogP contribution in [-0.4, -0.2) is 26.2 Å². The highest BCUT2D eigenvalue weighted by Crippen LogP contribution is 2.26. The van der Waals surface area contributed by atoms with Crippen molar-refractivity contribution in [3.8, 4) is 5.75 Å². The van der Waals surface area contributed by atoms with Crippen molar-refractivity contribution in [2.24, 2.45) is 0 Å². The lowest BCUT2D eigenvalue weighted by atomic mass is 10.1. The van der Waals surface area contributed by atoms with Crippen LogP contribution in [0.1, 0.15) is 40.3 Å². The van der Waals surface area contributed by atoms with Crippen LogP contribution in [0.5, 0.6) is 5.75 Å². The Balaban J connectivity index is 1.50. The standard InChI is InChI=1S/C19H23NO4/c1-22-11-3-10-20-19(21)18-9-8-17(24-18)13-23-16-7-6-14-4-2-5-15(14)12-16/h6-9,12H,2-5,10-11,13H2,1H3,(H,20,21). The molecule has 1 aliphatic carbocycles. The Bertz CT molecular complexity index is 692. The van der Waals surface area contributed by atoms with Gasteiger partial charge in [-0.25, -0.2) is 0 Å². The number of rotatable bonds is 8. The van der Waals surface area contributed by atoms with Crippen LogP contribution >= 0.6 is 0 Å². The molecule has 1 amide bonds. The first-order valence-corrected chi connectivity index (χ1v) is 8.37. The molecular formula is C19H23NO4. The third kappa shape index (κ3) is 4.17. The molecule has 0 bridgehead atoms. The van der Waals surface area contributed by atoms with Crippen molar-refractivity contribution in [1.29, 1.82) is 0 Å². The van der Waals surface area contributed by atoms with Gasteiger partial charge < -0.3 is 19.2 Å². The monoisotopic (exact) mass is 329 g/mol. The van der Waals surface area contributed by atoms with Gasteiger partial charge in [-0.15, -0.1) is 0 Å².